The summed E-state index contributed by atoms with van der Waals surface area (Å²) < 4.78 is 14.4. The van der Waals surface area contributed by atoms with Crippen LogP contribution in [0.2, 0.25) is 0 Å². The Kier molecular flexibility index (Phi) is 6.52. The molecule has 2 aromatic heterocycles. The highest BCUT2D eigenvalue weighted by Gasteiger charge is 2.15. The van der Waals surface area contributed by atoms with Crippen LogP contribution in [0.5, 0.6) is 11.5 Å². The van der Waals surface area contributed by atoms with E-state index in [4.69, 9.17) is 9.47 Å². The molecule has 0 N–H and O–H groups in total. The van der Waals surface area contributed by atoms with Crippen LogP contribution in [0.3, 0.4) is 0 Å². The molecule has 0 aliphatic heterocycles. The van der Waals surface area contributed by atoms with Crippen molar-refractivity contribution in [1.29, 1.82) is 5.26 Å². The van der Waals surface area contributed by atoms with Gasteiger partial charge in [0.05, 0.1) is 36.2 Å². The maximum Gasteiger partial charge on any atom is 0.146 e. The molecule has 4 rings (SSSR count). The third-order valence-electron chi connectivity index (χ3n) is 5.03. The normalized spacial score (nSPS) is 10.7. The maximum atomic E-state index is 9.61. The van der Waals surface area contributed by atoms with Gasteiger partial charge in [-0.15, -0.1) is 0 Å². The largest absolute Gasteiger partial charge is 0.493 e. The fourth-order valence-electron chi connectivity index (χ4n) is 3.44. The smallest absolute Gasteiger partial charge is 0.146 e. The second-order valence-electron chi connectivity index (χ2n) is 7.09. The van der Waals surface area contributed by atoms with Crippen LogP contribution in [0.25, 0.3) is 28.2 Å². The Bertz CT molecular complexity index is 1320. The van der Waals surface area contributed by atoms with E-state index in [-0.39, 0.29) is 0 Å². The highest BCUT2D eigenvalue weighted by atomic mass is 79.9. The minimum atomic E-state index is 0.404. The van der Waals surface area contributed by atoms with Gasteiger partial charge < -0.3 is 9.47 Å². The van der Waals surface area contributed by atoms with E-state index in [9.17, 15) is 5.26 Å². The number of nitrogens with zero attached hydrogens (tertiary/aromatic N) is 4. The molecule has 0 aliphatic carbocycles. The lowest BCUT2D eigenvalue weighted by molar-refractivity contribution is 0.247. The average Bonchev–Trinajstić information content (AvgIpc) is 3.11. The Labute approximate surface area is 194 Å². The van der Waals surface area contributed by atoms with E-state index >= 15 is 0 Å². The molecule has 0 aliphatic rings. The lowest BCUT2D eigenvalue weighted by atomic mass is 10.1. The molecule has 4 aromatic rings. The summed E-state index contributed by atoms with van der Waals surface area (Å²) in [6.07, 6.45) is 4.20. The van der Waals surface area contributed by atoms with Crippen molar-refractivity contribution in [2.24, 2.45) is 7.05 Å². The van der Waals surface area contributed by atoms with E-state index in [1.54, 1.807) is 23.0 Å². The maximum absolute atomic E-state index is 9.61. The van der Waals surface area contributed by atoms with Gasteiger partial charge in [-0.25, -0.2) is 0 Å². The third-order valence-corrected chi connectivity index (χ3v) is 5.62. The number of halogens is 1. The van der Waals surface area contributed by atoms with Gasteiger partial charge in [0.25, 0.3) is 0 Å². The lowest BCUT2D eigenvalue weighted by Crippen LogP contribution is -2.07. The zero-order valence-corrected chi connectivity index (χ0v) is 19.2. The molecule has 0 fully saturated rings. The molecule has 0 atom stereocenters. The van der Waals surface area contributed by atoms with Crippen LogP contribution in [-0.4, -0.2) is 28.0 Å². The number of benzene rings is 2. The topological polar surface area (TPSA) is 73.0 Å². The highest BCUT2D eigenvalue weighted by molar-refractivity contribution is 9.10. The van der Waals surface area contributed by atoms with E-state index in [0.29, 0.717) is 30.9 Å². The summed E-state index contributed by atoms with van der Waals surface area (Å²) in [5, 5.41) is 14.9. The Morgan fingerprint density at radius 1 is 1.16 bits per heavy atom. The van der Waals surface area contributed by atoms with Gasteiger partial charge in [0, 0.05) is 30.0 Å². The van der Waals surface area contributed by atoms with Gasteiger partial charge in [0.2, 0.25) is 0 Å². The second kappa shape index (κ2) is 9.67. The van der Waals surface area contributed by atoms with Crippen molar-refractivity contribution in [3.63, 3.8) is 0 Å². The number of rotatable bonds is 8. The fraction of sp³-hybridized carbons (Fsp3) is 0.160. The van der Waals surface area contributed by atoms with E-state index in [2.05, 4.69) is 38.7 Å². The van der Waals surface area contributed by atoms with Crippen LogP contribution in [0, 0.1) is 11.3 Å². The number of nitriles is 1. The van der Waals surface area contributed by atoms with Crippen molar-refractivity contribution in [3.05, 3.63) is 77.0 Å². The summed E-state index contributed by atoms with van der Waals surface area (Å²) >= 11 is 3.50. The van der Waals surface area contributed by atoms with E-state index in [0.717, 1.165) is 38.1 Å². The molecule has 160 valence electrons. The van der Waals surface area contributed by atoms with Gasteiger partial charge in [0.15, 0.2) is 0 Å². The summed E-state index contributed by atoms with van der Waals surface area (Å²) in [6.45, 7) is 4.70. The molecular formula is C25H21BrN4O2. The van der Waals surface area contributed by atoms with Gasteiger partial charge in [-0.05, 0) is 40.2 Å². The number of hydrogen-bond acceptors (Lipinski definition) is 5. The van der Waals surface area contributed by atoms with Crippen molar-refractivity contribution >= 4 is 32.9 Å². The molecule has 0 radical (unpaired) electrons. The van der Waals surface area contributed by atoms with Gasteiger partial charge >= 0.3 is 0 Å². The SMILES string of the molecule is C=Cc1ccccc1OCCCOc1c(C#N)cccc1-c1cc2c(Br)nn(C)c2cn1. The molecule has 6 nitrogen and oxygen atoms in total. The summed E-state index contributed by atoms with van der Waals surface area (Å²) in [6, 6.07) is 17.4. The van der Waals surface area contributed by atoms with Crippen molar-refractivity contribution in [2.45, 2.75) is 6.42 Å². The average molecular weight is 489 g/mol. The van der Waals surface area contributed by atoms with Crippen LogP contribution in [-0.2, 0) is 7.05 Å². The number of hydrogen-bond donors (Lipinski definition) is 0. The van der Waals surface area contributed by atoms with E-state index in [1.807, 2.05) is 49.5 Å². The molecule has 0 amide bonds. The molecule has 32 heavy (non-hydrogen) atoms. The van der Waals surface area contributed by atoms with Crippen LogP contribution in [0.15, 0.2) is 65.9 Å². The fourth-order valence-corrected chi connectivity index (χ4v) is 3.99. The van der Waals surface area contributed by atoms with Crippen molar-refractivity contribution in [2.75, 3.05) is 13.2 Å². The summed E-state index contributed by atoms with van der Waals surface area (Å²) in [4.78, 5) is 4.59. The first kappa shape index (κ1) is 21.6. The minimum absolute atomic E-state index is 0.404. The molecule has 0 unspecified atom stereocenters. The number of aryl methyl sites for hydroxylation is 1. The Morgan fingerprint density at radius 3 is 2.78 bits per heavy atom. The number of aromatic nitrogens is 3. The summed E-state index contributed by atoms with van der Waals surface area (Å²) in [5.74, 6) is 1.31. The summed E-state index contributed by atoms with van der Waals surface area (Å²) in [5.41, 5.74) is 3.81. The quantitative estimate of drug-likeness (QED) is 0.294. The lowest BCUT2D eigenvalue weighted by Gasteiger charge is -2.14. The van der Waals surface area contributed by atoms with Gasteiger partial charge in [-0.2, -0.15) is 10.4 Å². The molecule has 0 saturated carbocycles. The molecule has 0 bridgehead atoms. The molecule has 0 saturated heterocycles. The molecule has 0 spiro atoms. The summed E-state index contributed by atoms with van der Waals surface area (Å²) in [7, 11) is 1.87. The third kappa shape index (κ3) is 4.36. The minimum Gasteiger partial charge on any atom is -0.493 e. The van der Waals surface area contributed by atoms with Crippen molar-refractivity contribution in [3.8, 4) is 28.8 Å². The monoisotopic (exact) mass is 488 g/mol. The van der Waals surface area contributed by atoms with Gasteiger partial charge in [-0.1, -0.05) is 36.9 Å². The molecule has 2 aromatic carbocycles. The number of ether oxygens (including phenoxy) is 2. The number of fused-ring (bicyclic) bond motifs is 1. The second-order valence-corrected chi connectivity index (χ2v) is 7.84. The van der Waals surface area contributed by atoms with Crippen molar-refractivity contribution < 1.29 is 9.47 Å². The number of para-hydroxylation sites is 2. The molecular weight excluding hydrogens is 468 g/mol. The van der Waals surface area contributed by atoms with Gasteiger partial charge in [0.1, 0.15) is 22.2 Å². The van der Waals surface area contributed by atoms with Crippen molar-refractivity contribution in [1.82, 2.24) is 14.8 Å². The van der Waals surface area contributed by atoms with E-state index < -0.39 is 0 Å². The number of pyridine rings is 1. The Morgan fingerprint density at radius 2 is 1.97 bits per heavy atom. The predicted molar refractivity (Wildman–Crippen MR) is 129 cm³/mol. The standard InChI is InChI=1S/C25H21BrN4O2/c1-3-17-8-4-5-11-23(17)31-12-7-13-32-24-18(15-27)9-6-10-19(24)21-14-20-22(16-28-21)30(2)29-25(20)26/h3-6,8-11,14,16H,1,7,12-13H2,2H3. The van der Waals surface area contributed by atoms with Crippen LogP contribution >= 0.6 is 15.9 Å². The predicted octanol–water partition coefficient (Wildman–Crippen LogP) is 5.76. The highest BCUT2D eigenvalue weighted by Crippen LogP contribution is 2.34. The first-order valence-electron chi connectivity index (χ1n) is 10.1. The zero-order chi connectivity index (χ0) is 22.5. The molecule has 2 heterocycles. The Balaban J connectivity index is 1.51. The molecule has 7 heteroatoms. The first-order valence-corrected chi connectivity index (χ1v) is 10.9. The zero-order valence-electron chi connectivity index (χ0n) is 17.6. The van der Waals surface area contributed by atoms with Crippen LogP contribution in [0.4, 0.5) is 0 Å². The van der Waals surface area contributed by atoms with E-state index in [1.165, 1.54) is 0 Å². The Hall–Kier alpha value is -3.63. The van der Waals surface area contributed by atoms with Gasteiger partial charge in [-0.3, -0.25) is 9.67 Å². The van der Waals surface area contributed by atoms with Crippen LogP contribution in [0.1, 0.15) is 17.5 Å². The first-order chi connectivity index (χ1) is 15.6. The van der Waals surface area contributed by atoms with Crippen LogP contribution < -0.4 is 9.47 Å².